The number of amides is 2. The molecule has 0 unspecified atom stereocenters. The van der Waals surface area contributed by atoms with E-state index in [0.29, 0.717) is 24.3 Å². The number of allylic oxidation sites excluding steroid dienone is 1. The van der Waals surface area contributed by atoms with Crippen LogP contribution in [0.1, 0.15) is 16.7 Å². The first kappa shape index (κ1) is 26.6. The fourth-order valence-corrected chi connectivity index (χ4v) is 5.08. The summed E-state index contributed by atoms with van der Waals surface area (Å²) in [7, 11) is 0. The lowest BCUT2D eigenvalue weighted by molar-refractivity contribution is -0.122. The van der Waals surface area contributed by atoms with Crippen molar-refractivity contribution in [1.29, 1.82) is 0 Å². The van der Waals surface area contributed by atoms with Crippen molar-refractivity contribution in [2.45, 2.75) is 13.0 Å². The summed E-state index contributed by atoms with van der Waals surface area (Å²) in [4.78, 5) is 27.4. The Balaban J connectivity index is 1.44. The lowest BCUT2D eigenvalue weighted by atomic mass is 10.0. The first-order valence-electron chi connectivity index (χ1n) is 12.1. The standard InChI is InChI=1S/C31H22Cl2N2O3S/c1-2-7-21-16-19(14-15-27(21)38-18-22-10-5-9-20-8-3-4-11-23(20)22)17-24-29(36)34-31(39)35(30(24)37)26-13-6-12-25(32)28(26)33/h2-6,8-17H,1,7,18H2,(H,34,36,39)/b24-17+. The normalized spacial score (nSPS) is 14.6. The molecular weight excluding hydrogens is 551 g/mol. The van der Waals surface area contributed by atoms with Crippen molar-refractivity contribution in [2.75, 3.05) is 4.90 Å². The Labute approximate surface area is 241 Å². The van der Waals surface area contributed by atoms with Gasteiger partial charge in [-0.15, -0.1) is 6.58 Å². The van der Waals surface area contributed by atoms with Gasteiger partial charge in [0, 0.05) is 0 Å². The maximum Gasteiger partial charge on any atom is 0.270 e. The molecule has 0 saturated carbocycles. The largest absolute Gasteiger partial charge is 0.489 e. The molecule has 1 fully saturated rings. The molecular formula is C31H22Cl2N2O3S. The van der Waals surface area contributed by atoms with Crippen LogP contribution >= 0.6 is 35.4 Å². The zero-order valence-electron chi connectivity index (χ0n) is 20.6. The second kappa shape index (κ2) is 11.4. The molecule has 1 saturated heterocycles. The fraction of sp³-hybridized carbons (Fsp3) is 0.0645. The Kier molecular flexibility index (Phi) is 7.79. The fourth-order valence-electron chi connectivity index (χ4n) is 4.43. The van der Waals surface area contributed by atoms with Crippen LogP contribution in [-0.4, -0.2) is 16.9 Å². The van der Waals surface area contributed by atoms with Crippen LogP contribution in [-0.2, 0) is 22.6 Å². The van der Waals surface area contributed by atoms with Crippen molar-refractivity contribution in [3.8, 4) is 5.75 Å². The number of halogens is 2. The molecule has 0 aliphatic carbocycles. The Bertz CT molecular complexity index is 1680. The van der Waals surface area contributed by atoms with Crippen molar-refractivity contribution in [1.82, 2.24) is 5.32 Å². The summed E-state index contributed by atoms with van der Waals surface area (Å²) in [5.74, 6) is -0.506. The highest BCUT2D eigenvalue weighted by Gasteiger charge is 2.35. The van der Waals surface area contributed by atoms with E-state index < -0.39 is 11.8 Å². The van der Waals surface area contributed by atoms with Crippen molar-refractivity contribution >= 4 is 74.9 Å². The molecule has 8 heteroatoms. The van der Waals surface area contributed by atoms with Gasteiger partial charge in [-0.2, -0.15) is 0 Å². The summed E-state index contributed by atoms with van der Waals surface area (Å²) in [6, 6.07) is 24.7. The van der Waals surface area contributed by atoms with Gasteiger partial charge >= 0.3 is 0 Å². The minimum atomic E-state index is -0.602. The summed E-state index contributed by atoms with van der Waals surface area (Å²) in [6.07, 6.45) is 3.83. The van der Waals surface area contributed by atoms with Crippen molar-refractivity contribution in [2.24, 2.45) is 0 Å². The molecule has 4 aromatic carbocycles. The number of nitrogens with one attached hydrogen (secondary N) is 1. The summed E-state index contributed by atoms with van der Waals surface area (Å²) in [6.45, 7) is 4.25. The number of ether oxygens (including phenoxy) is 1. The van der Waals surface area contributed by atoms with E-state index in [-0.39, 0.29) is 26.4 Å². The molecule has 1 heterocycles. The van der Waals surface area contributed by atoms with E-state index in [9.17, 15) is 9.59 Å². The molecule has 0 atom stereocenters. The van der Waals surface area contributed by atoms with Crippen LogP contribution < -0.4 is 15.0 Å². The predicted octanol–water partition coefficient (Wildman–Crippen LogP) is 7.29. The van der Waals surface area contributed by atoms with Crippen molar-refractivity contribution < 1.29 is 14.3 Å². The number of nitrogens with zero attached hydrogens (tertiary/aromatic N) is 1. The molecule has 0 spiro atoms. The van der Waals surface area contributed by atoms with Gasteiger partial charge in [0.2, 0.25) is 0 Å². The molecule has 39 heavy (non-hydrogen) atoms. The summed E-state index contributed by atoms with van der Waals surface area (Å²) < 4.78 is 6.22. The maximum absolute atomic E-state index is 13.4. The Hall–Kier alpha value is -3.97. The molecule has 0 bridgehead atoms. The van der Waals surface area contributed by atoms with E-state index in [1.807, 2.05) is 36.4 Å². The number of hydrogen-bond donors (Lipinski definition) is 1. The van der Waals surface area contributed by atoms with Crippen LogP contribution in [0.2, 0.25) is 10.0 Å². The van der Waals surface area contributed by atoms with Gasteiger partial charge in [-0.1, -0.05) is 83.9 Å². The van der Waals surface area contributed by atoms with Crippen LogP contribution in [0.4, 0.5) is 5.69 Å². The van der Waals surface area contributed by atoms with Crippen LogP contribution in [0.3, 0.4) is 0 Å². The number of hydrogen-bond acceptors (Lipinski definition) is 4. The lowest BCUT2D eigenvalue weighted by Gasteiger charge is -2.29. The van der Waals surface area contributed by atoms with Gasteiger partial charge in [-0.3, -0.25) is 19.8 Å². The third-order valence-electron chi connectivity index (χ3n) is 6.30. The highest BCUT2D eigenvalue weighted by molar-refractivity contribution is 7.80. The summed E-state index contributed by atoms with van der Waals surface area (Å²) in [5, 5.41) is 5.20. The number of fused-ring (bicyclic) bond motifs is 1. The monoisotopic (exact) mass is 572 g/mol. The predicted molar refractivity (Wildman–Crippen MR) is 161 cm³/mol. The average molecular weight is 574 g/mol. The van der Waals surface area contributed by atoms with Crippen LogP contribution in [0, 0.1) is 0 Å². The van der Waals surface area contributed by atoms with E-state index in [1.165, 1.54) is 11.0 Å². The second-order valence-electron chi connectivity index (χ2n) is 8.82. The Morgan fingerprint density at radius 1 is 0.949 bits per heavy atom. The van der Waals surface area contributed by atoms with Crippen LogP contribution in [0.5, 0.6) is 5.75 Å². The molecule has 5 rings (SSSR count). The number of carbonyl (C=O) groups excluding carboxylic acids is 2. The van der Waals surface area contributed by atoms with E-state index in [1.54, 1.807) is 30.3 Å². The molecule has 0 radical (unpaired) electrons. The van der Waals surface area contributed by atoms with Gasteiger partial charge < -0.3 is 4.74 Å². The Morgan fingerprint density at radius 3 is 2.54 bits per heavy atom. The van der Waals surface area contributed by atoms with E-state index in [0.717, 1.165) is 21.9 Å². The lowest BCUT2D eigenvalue weighted by Crippen LogP contribution is -2.54. The highest BCUT2D eigenvalue weighted by Crippen LogP contribution is 2.34. The van der Waals surface area contributed by atoms with Gasteiger partial charge in [0.15, 0.2) is 5.11 Å². The van der Waals surface area contributed by atoms with E-state index in [4.69, 9.17) is 40.2 Å². The van der Waals surface area contributed by atoms with Crippen LogP contribution in [0.15, 0.2) is 97.1 Å². The quantitative estimate of drug-likeness (QED) is 0.109. The minimum absolute atomic E-state index is 0.0733. The van der Waals surface area contributed by atoms with Gasteiger partial charge in [0.05, 0.1) is 15.7 Å². The Morgan fingerprint density at radius 2 is 1.72 bits per heavy atom. The molecule has 1 N–H and O–H groups in total. The summed E-state index contributed by atoms with van der Waals surface area (Å²) >= 11 is 17.8. The first-order valence-corrected chi connectivity index (χ1v) is 13.2. The van der Waals surface area contributed by atoms with Gasteiger partial charge in [0.1, 0.15) is 17.9 Å². The smallest absolute Gasteiger partial charge is 0.270 e. The molecule has 1 aliphatic heterocycles. The maximum atomic E-state index is 13.4. The van der Waals surface area contributed by atoms with Crippen molar-refractivity contribution in [3.05, 3.63) is 124 Å². The molecule has 0 aromatic heterocycles. The zero-order valence-corrected chi connectivity index (χ0v) is 22.9. The van der Waals surface area contributed by atoms with Crippen molar-refractivity contribution in [3.63, 3.8) is 0 Å². The number of rotatable bonds is 7. The number of carbonyl (C=O) groups is 2. The molecule has 2 amide bonds. The summed E-state index contributed by atoms with van der Waals surface area (Å²) in [5.41, 5.74) is 2.79. The number of benzene rings is 4. The van der Waals surface area contributed by atoms with E-state index in [2.05, 4.69) is 30.1 Å². The molecule has 194 valence electrons. The van der Waals surface area contributed by atoms with E-state index >= 15 is 0 Å². The second-order valence-corrected chi connectivity index (χ2v) is 9.99. The van der Waals surface area contributed by atoms with Gasteiger partial charge in [-0.05, 0) is 76.4 Å². The third kappa shape index (κ3) is 5.45. The molecule has 1 aliphatic rings. The average Bonchev–Trinajstić information content (AvgIpc) is 2.93. The highest BCUT2D eigenvalue weighted by atomic mass is 35.5. The van der Waals surface area contributed by atoms with Gasteiger partial charge in [-0.25, -0.2) is 0 Å². The van der Waals surface area contributed by atoms with Crippen LogP contribution in [0.25, 0.3) is 16.8 Å². The molecule has 4 aromatic rings. The zero-order chi connectivity index (χ0) is 27.5. The topological polar surface area (TPSA) is 58.6 Å². The van der Waals surface area contributed by atoms with Gasteiger partial charge in [0.25, 0.3) is 11.8 Å². The number of thiocarbonyl (C=S) groups is 1. The first-order chi connectivity index (χ1) is 18.9. The third-order valence-corrected chi connectivity index (χ3v) is 7.39. The molecule has 5 nitrogen and oxygen atoms in total. The number of anilines is 1. The SMILES string of the molecule is C=CCc1cc(/C=C2\C(=O)NC(=S)N(c3cccc(Cl)c3Cl)C2=O)ccc1OCc1cccc2ccccc12. The minimum Gasteiger partial charge on any atom is -0.489 e.